The van der Waals surface area contributed by atoms with Crippen LogP contribution in [0.15, 0.2) is 30.3 Å². The van der Waals surface area contributed by atoms with Gasteiger partial charge in [0.1, 0.15) is 0 Å². The molecule has 0 spiro atoms. The maximum absolute atomic E-state index is 12.5. The second-order valence-corrected chi connectivity index (χ2v) is 7.37. The van der Waals surface area contributed by atoms with Crippen molar-refractivity contribution in [1.29, 1.82) is 0 Å². The number of carbonyl (C=O) groups is 2. The van der Waals surface area contributed by atoms with Crippen molar-refractivity contribution < 1.29 is 14.3 Å². The Balaban J connectivity index is 1.56. The van der Waals surface area contributed by atoms with Crippen LogP contribution < -0.4 is 0 Å². The van der Waals surface area contributed by atoms with Gasteiger partial charge in [-0.3, -0.25) is 9.59 Å². The molecule has 136 valence electrons. The fourth-order valence-corrected chi connectivity index (χ4v) is 4.19. The average molecular weight is 344 g/mol. The molecule has 1 aromatic rings. The maximum Gasteiger partial charge on any atom is 0.254 e. The molecule has 0 N–H and O–H groups in total. The van der Waals surface area contributed by atoms with Gasteiger partial charge >= 0.3 is 0 Å². The summed E-state index contributed by atoms with van der Waals surface area (Å²) in [4.78, 5) is 28.6. The molecule has 2 aliphatic rings. The van der Waals surface area contributed by atoms with Crippen molar-refractivity contribution in [3.05, 3.63) is 35.9 Å². The van der Waals surface area contributed by atoms with Gasteiger partial charge in [0, 0.05) is 26.2 Å². The number of hydrogen-bond donors (Lipinski definition) is 0. The molecule has 2 unspecified atom stereocenters. The summed E-state index contributed by atoms with van der Waals surface area (Å²) in [7, 11) is 1.62. The highest BCUT2D eigenvalue weighted by molar-refractivity contribution is 5.88. The molecule has 0 aliphatic carbocycles. The summed E-state index contributed by atoms with van der Waals surface area (Å²) in [5, 5.41) is 0. The maximum atomic E-state index is 12.5. The smallest absolute Gasteiger partial charge is 0.254 e. The summed E-state index contributed by atoms with van der Waals surface area (Å²) in [5.41, 5.74) is 1.06. The van der Waals surface area contributed by atoms with Gasteiger partial charge in [-0.05, 0) is 38.2 Å². The number of benzene rings is 1. The zero-order chi connectivity index (χ0) is 18.0. The largest absolute Gasteiger partial charge is 0.369 e. The number of β-lactam (4-membered cyclic amide) rings is 1. The number of carbonyl (C=O) groups excluding carboxylic acids is 2. The molecule has 2 heterocycles. The highest BCUT2D eigenvalue weighted by Gasteiger charge is 2.52. The van der Waals surface area contributed by atoms with Gasteiger partial charge in [0.25, 0.3) is 5.91 Å². The first kappa shape index (κ1) is 17.9. The number of nitrogens with zero attached hydrogens (tertiary/aromatic N) is 2. The zero-order valence-electron chi connectivity index (χ0n) is 15.4. The standard InChI is InChI=1S/C20H28N2O3/c1-14(2)22-18(19(25-3)20(22)24)16-9-11-21(12-10-16)17(23)13-15-7-5-4-6-8-15/h4-8,14,16,18-19H,9-13H2,1-3H3. The first-order valence-corrected chi connectivity index (χ1v) is 9.19. The number of rotatable bonds is 5. The van der Waals surface area contributed by atoms with E-state index in [0.717, 1.165) is 31.5 Å². The van der Waals surface area contributed by atoms with Gasteiger partial charge in [-0.15, -0.1) is 0 Å². The third kappa shape index (κ3) is 3.56. The Morgan fingerprint density at radius 2 is 1.84 bits per heavy atom. The van der Waals surface area contributed by atoms with Crippen molar-refractivity contribution in [2.75, 3.05) is 20.2 Å². The second kappa shape index (κ2) is 7.56. The Hall–Kier alpha value is -1.88. The van der Waals surface area contributed by atoms with Crippen molar-refractivity contribution in [2.45, 2.75) is 51.3 Å². The number of hydrogen-bond acceptors (Lipinski definition) is 3. The van der Waals surface area contributed by atoms with E-state index in [4.69, 9.17) is 4.74 Å². The van der Waals surface area contributed by atoms with Crippen LogP contribution in [0.25, 0.3) is 0 Å². The van der Waals surface area contributed by atoms with Crippen molar-refractivity contribution in [3.8, 4) is 0 Å². The lowest BCUT2D eigenvalue weighted by Gasteiger charge is -2.53. The van der Waals surface area contributed by atoms with Gasteiger partial charge < -0.3 is 14.5 Å². The quantitative estimate of drug-likeness (QED) is 0.769. The van der Waals surface area contributed by atoms with Gasteiger partial charge in [0.2, 0.25) is 5.91 Å². The molecule has 3 rings (SSSR count). The van der Waals surface area contributed by atoms with E-state index in [9.17, 15) is 9.59 Å². The summed E-state index contributed by atoms with van der Waals surface area (Å²) < 4.78 is 5.43. The molecule has 25 heavy (non-hydrogen) atoms. The molecule has 2 fully saturated rings. The summed E-state index contributed by atoms with van der Waals surface area (Å²) in [6, 6.07) is 10.2. The average Bonchev–Trinajstić information content (AvgIpc) is 2.60. The van der Waals surface area contributed by atoms with E-state index in [-0.39, 0.29) is 30.0 Å². The molecule has 2 amide bonds. The van der Waals surface area contributed by atoms with Crippen molar-refractivity contribution in [2.24, 2.45) is 5.92 Å². The molecular formula is C20H28N2O3. The van der Waals surface area contributed by atoms with Crippen molar-refractivity contribution >= 4 is 11.8 Å². The number of likely N-dealkylation sites (tertiary alicyclic amines) is 2. The Morgan fingerprint density at radius 1 is 1.20 bits per heavy atom. The minimum atomic E-state index is -0.307. The lowest BCUT2D eigenvalue weighted by molar-refractivity contribution is -0.182. The fraction of sp³-hybridized carbons (Fsp3) is 0.600. The molecular weight excluding hydrogens is 316 g/mol. The summed E-state index contributed by atoms with van der Waals surface area (Å²) in [6.45, 7) is 5.64. The molecule has 2 aliphatic heterocycles. The lowest BCUT2D eigenvalue weighted by Crippen LogP contribution is -2.70. The van der Waals surface area contributed by atoms with E-state index in [1.54, 1.807) is 7.11 Å². The monoisotopic (exact) mass is 344 g/mol. The van der Waals surface area contributed by atoms with Crippen LogP contribution in [-0.2, 0) is 20.7 Å². The Morgan fingerprint density at radius 3 is 2.40 bits per heavy atom. The third-order valence-electron chi connectivity index (χ3n) is 5.51. The van der Waals surface area contributed by atoms with E-state index < -0.39 is 0 Å². The van der Waals surface area contributed by atoms with Crippen LogP contribution in [0.4, 0.5) is 0 Å². The number of ether oxygens (including phenoxy) is 1. The zero-order valence-corrected chi connectivity index (χ0v) is 15.4. The predicted molar refractivity (Wildman–Crippen MR) is 96.0 cm³/mol. The van der Waals surface area contributed by atoms with Gasteiger partial charge in [0.05, 0.1) is 12.5 Å². The second-order valence-electron chi connectivity index (χ2n) is 7.37. The van der Waals surface area contributed by atoms with E-state index in [1.165, 1.54) is 0 Å². The molecule has 0 saturated carbocycles. The molecule has 5 nitrogen and oxygen atoms in total. The van der Waals surface area contributed by atoms with Crippen LogP contribution in [0.1, 0.15) is 32.3 Å². The minimum absolute atomic E-state index is 0.102. The van der Waals surface area contributed by atoms with Gasteiger partial charge in [0.15, 0.2) is 6.10 Å². The lowest BCUT2D eigenvalue weighted by atomic mass is 9.79. The normalized spacial score (nSPS) is 24.6. The minimum Gasteiger partial charge on any atom is -0.369 e. The van der Waals surface area contributed by atoms with Crippen molar-refractivity contribution in [1.82, 2.24) is 9.80 Å². The van der Waals surface area contributed by atoms with Crippen molar-refractivity contribution in [3.63, 3.8) is 0 Å². The fourth-order valence-electron chi connectivity index (χ4n) is 4.19. The molecule has 2 saturated heterocycles. The Kier molecular flexibility index (Phi) is 5.42. The molecule has 0 aromatic heterocycles. The Bertz CT molecular complexity index is 609. The predicted octanol–water partition coefficient (Wildman–Crippen LogP) is 2.10. The van der Waals surface area contributed by atoms with E-state index >= 15 is 0 Å². The SMILES string of the molecule is COC1C(=O)N(C(C)C)C1C1CCN(C(=O)Cc2ccccc2)CC1. The van der Waals surface area contributed by atoms with Crippen LogP contribution in [0.2, 0.25) is 0 Å². The topological polar surface area (TPSA) is 49.9 Å². The first-order valence-electron chi connectivity index (χ1n) is 9.19. The van der Waals surface area contributed by atoms with E-state index in [1.807, 2.05) is 40.1 Å². The molecule has 1 aromatic carbocycles. The molecule has 0 bridgehead atoms. The number of piperidine rings is 1. The van der Waals surface area contributed by atoms with Crippen LogP contribution in [0.5, 0.6) is 0 Å². The third-order valence-corrected chi connectivity index (χ3v) is 5.51. The van der Waals surface area contributed by atoms with Gasteiger partial charge in [-0.2, -0.15) is 0 Å². The molecule has 0 radical (unpaired) electrons. The van der Waals surface area contributed by atoms with Crippen LogP contribution in [0, 0.1) is 5.92 Å². The number of amides is 2. The Labute approximate surface area is 149 Å². The first-order chi connectivity index (χ1) is 12.0. The number of methoxy groups -OCH3 is 1. The van der Waals surface area contributed by atoms with Gasteiger partial charge in [-0.25, -0.2) is 0 Å². The van der Waals surface area contributed by atoms with Crippen LogP contribution in [-0.4, -0.2) is 60.0 Å². The van der Waals surface area contributed by atoms with Gasteiger partial charge in [-0.1, -0.05) is 30.3 Å². The molecule has 5 heteroatoms. The summed E-state index contributed by atoms with van der Waals surface area (Å²) in [5.74, 6) is 0.703. The summed E-state index contributed by atoms with van der Waals surface area (Å²) >= 11 is 0. The van der Waals surface area contributed by atoms with E-state index in [2.05, 4.69) is 13.8 Å². The van der Waals surface area contributed by atoms with E-state index in [0.29, 0.717) is 12.3 Å². The highest BCUT2D eigenvalue weighted by atomic mass is 16.5. The summed E-state index contributed by atoms with van der Waals surface area (Å²) in [6.07, 6.45) is 2.02. The highest BCUT2D eigenvalue weighted by Crippen LogP contribution is 2.36. The molecule has 2 atom stereocenters. The van der Waals surface area contributed by atoms with Crippen LogP contribution >= 0.6 is 0 Å². The van der Waals surface area contributed by atoms with Crippen LogP contribution in [0.3, 0.4) is 0 Å².